The molecule has 1 N–H and O–H groups in total. The molecule has 1 aliphatic carbocycles. The molecule has 0 aromatic carbocycles. The number of rotatable bonds is 3. The molecule has 3 heteroatoms. The summed E-state index contributed by atoms with van der Waals surface area (Å²) in [6.07, 6.45) is 2.75. The van der Waals surface area contributed by atoms with Crippen LogP contribution in [-0.2, 0) is 4.79 Å². The molecule has 0 heterocycles. The van der Waals surface area contributed by atoms with Gasteiger partial charge in [-0.1, -0.05) is 34.6 Å². The van der Waals surface area contributed by atoms with Gasteiger partial charge in [-0.3, -0.25) is 4.79 Å². The van der Waals surface area contributed by atoms with Gasteiger partial charge in [0.05, 0.1) is 0 Å². The Labute approximate surface area is 103 Å². The zero-order valence-corrected chi connectivity index (χ0v) is 11.9. The van der Waals surface area contributed by atoms with Crippen LogP contribution in [0.4, 0.5) is 0 Å². The molecule has 2 atom stereocenters. The topological polar surface area (TPSA) is 37.3 Å². The molecule has 94 valence electrons. The van der Waals surface area contributed by atoms with E-state index in [0.717, 1.165) is 19.3 Å². The average molecular weight is 244 g/mol. The minimum absolute atomic E-state index is 0.151. The number of carboxylic acids is 1. The maximum atomic E-state index is 11.6. The highest BCUT2D eigenvalue weighted by Crippen LogP contribution is 2.51. The van der Waals surface area contributed by atoms with Crippen molar-refractivity contribution in [3.63, 3.8) is 0 Å². The van der Waals surface area contributed by atoms with Gasteiger partial charge >= 0.3 is 5.97 Å². The van der Waals surface area contributed by atoms with E-state index in [9.17, 15) is 9.90 Å². The molecule has 16 heavy (non-hydrogen) atoms. The normalized spacial score (nSPS) is 34.0. The lowest BCUT2D eigenvalue weighted by atomic mass is 9.67. The van der Waals surface area contributed by atoms with E-state index >= 15 is 0 Å². The summed E-state index contributed by atoms with van der Waals surface area (Å²) < 4.78 is -0.560. The molecule has 1 rings (SSSR count). The smallest absolute Gasteiger partial charge is 0.319 e. The van der Waals surface area contributed by atoms with Crippen LogP contribution in [0.25, 0.3) is 0 Å². The second-order valence-electron chi connectivity index (χ2n) is 6.32. The highest BCUT2D eigenvalue weighted by molar-refractivity contribution is 8.01. The molecule has 0 amide bonds. The van der Waals surface area contributed by atoms with Crippen LogP contribution in [0.15, 0.2) is 0 Å². The number of carboxylic acid groups (broad SMARTS) is 1. The van der Waals surface area contributed by atoms with Gasteiger partial charge in [0.25, 0.3) is 0 Å². The van der Waals surface area contributed by atoms with Gasteiger partial charge < -0.3 is 5.11 Å². The third-order valence-electron chi connectivity index (χ3n) is 3.19. The predicted molar refractivity (Wildman–Crippen MR) is 69.9 cm³/mol. The Hall–Kier alpha value is -0.180. The Bertz CT molecular complexity index is 269. The molecule has 2 unspecified atom stereocenters. The first-order valence-electron chi connectivity index (χ1n) is 6.08. The molecule has 1 saturated carbocycles. The summed E-state index contributed by atoms with van der Waals surface area (Å²) in [5, 5.41) is 9.94. The van der Waals surface area contributed by atoms with Crippen molar-refractivity contribution in [2.75, 3.05) is 0 Å². The zero-order valence-electron chi connectivity index (χ0n) is 11.0. The molecule has 0 aromatic rings. The Morgan fingerprint density at radius 2 is 1.94 bits per heavy atom. The predicted octanol–water partition coefficient (Wildman–Crippen LogP) is 3.80. The lowest BCUT2D eigenvalue weighted by Crippen LogP contribution is -2.46. The molecule has 1 aliphatic rings. The molecule has 0 radical (unpaired) electrons. The SMILES string of the molecule is CC1CC(C)(C)CC(SC(C)C)(C(=O)O)C1. The summed E-state index contributed by atoms with van der Waals surface area (Å²) >= 11 is 1.64. The van der Waals surface area contributed by atoms with Gasteiger partial charge in [-0.15, -0.1) is 11.8 Å². The van der Waals surface area contributed by atoms with Gasteiger partial charge in [0, 0.05) is 5.25 Å². The summed E-state index contributed by atoms with van der Waals surface area (Å²) in [5.41, 5.74) is 0.151. The Morgan fingerprint density at radius 3 is 2.31 bits per heavy atom. The summed E-state index contributed by atoms with van der Waals surface area (Å²) in [4.78, 5) is 11.6. The quantitative estimate of drug-likeness (QED) is 0.820. The molecule has 0 saturated heterocycles. The third kappa shape index (κ3) is 3.16. The lowest BCUT2D eigenvalue weighted by Gasteiger charge is -2.45. The van der Waals surface area contributed by atoms with E-state index in [2.05, 4.69) is 34.6 Å². The first-order valence-corrected chi connectivity index (χ1v) is 6.96. The number of thioether (sulfide) groups is 1. The van der Waals surface area contributed by atoms with Crippen LogP contribution in [0.5, 0.6) is 0 Å². The second kappa shape index (κ2) is 4.59. The summed E-state index contributed by atoms with van der Waals surface area (Å²) in [7, 11) is 0. The summed E-state index contributed by atoms with van der Waals surface area (Å²) in [5.74, 6) is -0.114. The summed E-state index contributed by atoms with van der Waals surface area (Å²) in [6.45, 7) is 10.7. The lowest BCUT2D eigenvalue weighted by molar-refractivity contribution is -0.142. The third-order valence-corrected chi connectivity index (χ3v) is 4.60. The number of carbonyl (C=O) groups is 1. The zero-order chi connectivity index (χ0) is 12.6. The van der Waals surface area contributed by atoms with Crippen LogP contribution in [0.3, 0.4) is 0 Å². The van der Waals surface area contributed by atoms with Crippen LogP contribution in [-0.4, -0.2) is 21.1 Å². The van der Waals surface area contributed by atoms with Crippen molar-refractivity contribution < 1.29 is 9.90 Å². The van der Waals surface area contributed by atoms with Crippen LogP contribution < -0.4 is 0 Å². The van der Waals surface area contributed by atoms with E-state index in [1.54, 1.807) is 11.8 Å². The van der Waals surface area contributed by atoms with Crippen molar-refractivity contribution in [3.05, 3.63) is 0 Å². The van der Waals surface area contributed by atoms with Crippen molar-refractivity contribution >= 4 is 17.7 Å². The van der Waals surface area contributed by atoms with Crippen molar-refractivity contribution in [2.24, 2.45) is 11.3 Å². The number of hydrogen-bond donors (Lipinski definition) is 1. The molecule has 1 fully saturated rings. The fourth-order valence-electron chi connectivity index (χ4n) is 3.25. The minimum Gasteiger partial charge on any atom is -0.480 e. The minimum atomic E-state index is -0.620. The summed E-state index contributed by atoms with van der Waals surface area (Å²) in [6, 6.07) is 0. The van der Waals surface area contributed by atoms with Crippen LogP contribution in [0.1, 0.15) is 53.9 Å². The molecule has 0 aliphatic heterocycles. The van der Waals surface area contributed by atoms with Gasteiger partial charge in [-0.25, -0.2) is 0 Å². The molecule has 0 bridgehead atoms. The van der Waals surface area contributed by atoms with Gasteiger partial charge in [0.2, 0.25) is 0 Å². The van der Waals surface area contributed by atoms with E-state index in [1.165, 1.54) is 0 Å². The fraction of sp³-hybridized carbons (Fsp3) is 0.923. The maximum Gasteiger partial charge on any atom is 0.319 e. The Balaban J connectivity index is 2.96. The first kappa shape index (κ1) is 13.9. The maximum absolute atomic E-state index is 11.6. The van der Waals surface area contributed by atoms with E-state index in [0.29, 0.717) is 11.2 Å². The van der Waals surface area contributed by atoms with Crippen LogP contribution >= 0.6 is 11.8 Å². The fourth-order valence-corrected chi connectivity index (χ4v) is 5.11. The van der Waals surface area contributed by atoms with Crippen LogP contribution in [0, 0.1) is 11.3 Å². The molecular formula is C13H24O2S. The van der Waals surface area contributed by atoms with Gasteiger partial charge in [-0.2, -0.15) is 0 Å². The Morgan fingerprint density at radius 1 is 1.38 bits per heavy atom. The van der Waals surface area contributed by atoms with E-state index in [4.69, 9.17) is 0 Å². The average Bonchev–Trinajstić information content (AvgIpc) is 1.96. The van der Waals surface area contributed by atoms with Gasteiger partial charge in [0.15, 0.2) is 0 Å². The van der Waals surface area contributed by atoms with Gasteiger partial charge in [0.1, 0.15) is 4.75 Å². The van der Waals surface area contributed by atoms with E-state index < -0.39 is 10.7 Å². The van der Waals surface area contributed by atoms with Crippen molar-refractivity contribution in [1.29, 1.82) is 0 Å². The van der Waals surface area contributed by atoms with Gasteiger partial charge in [-0.05, 0) is 30.6 Å². The van der Waals surface area contributed by atoms with Crippen molar-refractivity contribution in [1.82, 2.24) is 0 Å². The molecule has 2 nitrogen and oxygen atoms in total. The second-order valence-corrected chi connectivity index (χ2v) is 8.28. The number of aliphatic carboxylic acids is 1. The highest BCUT2D eigenvalue weighted by atomic mass is 32.2. The van der Waals surface area contributed by atoms with Crippen LogP contribution in [0.2, 0.25) is 0 Å². The van der Waals surface area contributed by atoms with Crippen molar-refractivity contribution in [3.8, 4) is 0 Å². The van der Waals surface area contributed by atoms with E-state index in [1.807, 2.05) is 0 Å². The monoisotopic (exact) mass is 244 g/mol. The van der Waals surface area contributed by atoms with Crippen molar-refractivity contribution in [2.45, 2.75) is 63.9 Å². The molecule has 0 aromatic heterocycles. The largest absolute Gasteiger partial charge is 0.480 e. The Kier molecular flexibility index (Phi) is 3.99. The first-order chi connectivity index (χ1) is 7.17. The standard InChI is InChI=1S/C13H24O2S/c1-9(2)16-13(11(14)15)7-10(3)6-12(4,5)8-13/h9-10H,6-8H2,1-5H3,(H,14,15). The molecule has 0 spiro atoms. The van der Waals surface area contributed by atoms with E-state index in [-0.39, 0.29) is 5.41 Å². The molecular weight excluding hydrogens is 220 g/mol. The number of hydrogen-bond acceptors (Lipinski definition) is 2. The highest BCUT2D eigenvalue weighted by Gasteiger charge is 2.48.